The van der Waals surface area contributed by atoms with E-state index in [4.69, 9.17) is 0 Å². The minimum absolute atomic E-state index is 0. The van der Waals surface area contributed by atoms with E-state index in [-0.39, 0.29) is 85.6 Å². The molecule has 0 atom stereocenters. The molecule has 2 heteroatoms. The van der Waals surface area contributed by atoms with Gasteiger partial charge < -0.3 is 1.43 Å². The van der Waals surface area contributed by atoms with Crippen LogP contribution in [-0.2, 0) is 0 Å². The Morgan fingerprint density at radius 1 is 0.259 bits per heavy atom. The number of halogens is 1. The van der Waals surface area contributed by atoms with Gasteiger partial charge in [-0.2, -0.15) is 0 Å². The van der Waals surface area contributed by atoms with Crippen LogP contribution < -0.4 is 51.4 Å². The van der Waals surface area contributed by atoms with Crippen LogP contribution in [0.3, 0.4) is 0 Å². The summed E-state index contributed by atoms with van der Waals surface area (Å²) in [5.74, 6) is 0. The fourth-order valence-corrected chi connectivity index (χ4v) is 4.24. The summed E-state index contributed by atoms with van der Waals surface area (Å²) in [5, 5.41) is 0. The Bertz CT molecular complexity index is 133. The SMILES string of the molecule is C.C1CCCCC1.C1CCCCC1.C1CCCCC1.C1CCCCC1.I.[H-].[HH].[K+]. The molecular formula is C25H56IK. The maximum absolute atomic E-state index is 1.50. The Hall–Kier alpha value is 2.37. The third-order valence-electron chi connectivity index (χ3n) is 6.00. The summed E-state index contributed by atoms with van der Waals surface area (Å²) >= 11 is 0. The molecule has 0 amide bonds. The number of hydrogen-bond donors (Lipinski definition) is 0. The first-order valence-electron chi connectivity index (χ1n) is 12.0. The summed E-state index contributed by atoms with van der Waals surface area (Å²) in [6.45, 7) is 0. The molecule has 0 bridgehead atoms. The zero-order valence-corrected chi connectivity index (χ0v) is 23.8. The average molecular weight is 523 g/mol. The van der Waals surface area contributed by atoms with Crippen LogP contribution in [0.4, 0.5) is 0 Å². The van der Waals surface area contributed by atoms with Crippen molar-refractivity contribution in [1.82, 2.24) is 0 Å². The summed E-state index contributed by atoms with van der Waals surface area (Å²) in [5.41, 5.74) is 0. The maximum atomic E-state index is 1.50. The van der Waals surface area contributed by atoms with Crippen molar-refractivity contribution >= 4 is 24.0 Å². The molecule has 4 aliphatic rings. The van der Waals surface area contributed by atoms with E-state index in [1.807, 2.05) is 0 Å². The van der Waals surface area contributed by atoms with Gasteiger partial charge in [-0.15, -0.1) is 24.0 Å². The van der Waals surface area contributed by atoms with E-state index in [9.17, 15) is 0 Å². The molecule has 0 radical (unpaired) electrons. The number of rotatable bonds is 0. The summed E-state index contributed by atoms with van der Waals surface area (Å²) in [7, 11) is 0. The summed E-state index contributed by atoms with van der Waals surface area (Å²) in [4.78, 5) is 0. The van der Waals surface area contributed by atoms with Crippen LogP contribution in [0.1, 0.15) is 164 Å². The Kier molecular flexibility index (Phi) is 38.5. The predicted octanol–water partition coefficient (Wildman–Crippen LogP) is 7.98. The minimum Gasteiger partial charge on any atom is -1.00 e. The van der Waals surface area contributed by atoms with Gasteiger partial charge in [0, 0.05) is 1.43 Å². The standard InChI is InChI=1S/4C6H12.CH4.HI.K.H2.H/c4*1-2-4-6-5-3-1;;;;;/h4*1-6H2;1H4;1H;;1H;/q;;;;;;+1;;-1. The molecule has 0 aromatic carbocycles. The van der Waals surface area contributed by atoms with Gasteiger partial charge >= 0.3 is 51.4 Å². The van der Waals surface area contributed by atoms with Crippen molar-refractivity contribution in [3.63, 3.8) is 0 Å². The molecule has 164 valence electrons. The van der Waals surface area contributed by atoms with Crippen molar-refractivity contribution in [3.05, 3.63) is 0 Å². The first-order valence-corrected chi connectivity index (χ1v) is 12.0. The molecule has 0 saturated heterocycles. The van der Waals surface area contributed by atoms with E-state index in [2.05, 4.69) is 0 Å². The van der Waals surface area contributed by atoms with E-state index in [0.717, 1.165) is 0 Å². The van der Waals surface area contributed by atoms with Gasteiger partial charge in [0.05, 0.1) is 0 Å². The van der Waals surface area contributed by atoms with E-state index in [1.165, 1.54) is 154 Å². The molecule has 4 saturated carbocycles. The first kappa shape index (κ1) is 34.0. The topological polar surface area (TPSA) is 0 Å². The van der Waals surface area contributed by atoms with Gasteiger partial charge in [-0.3, -0.25) is 0 Å². The van der Waals surface area contributed by atoms with E-state index < -0.39 is 0 Å². The van der Waals surface area contributed by atoms with Crippen molar-refractivity contribution in [2.24, 2.45) is 0 Å². The Labute approximate surface area is 237 Å². The van der Waals surface area contributed by atoms with Crippen molar-refractivity contribution < 1.29 is 54.2 Å². The first-order chi connectivity index (χ1) is 12.0. The molecule has 0 heterocycles. The molecule has 27 heavy (non-hydrogen) atoms. The van der Waals surface area contributed by atoms with Crippen molar-refractivity contribution in [2.45, 2.75) is 162 Å². The Morgan fingerprint density at radius 3 is 0.333 bits per heavy atom. The van der Waals surface area contributed by atoms with Crippen molar-refractivity contribution in [1.29, 1.82) is 0 Å². The zero-order valence-electron chi connectivity index (χ0n) is 19.4. The molecule has 0 unspecified atom stereocenters. The van der Waals surface area contributed by atoms with E-state index >= 15 is 0 Å². The Morgan fingerprint density at radius 2 is 0.296 bits per heavy atom. The van der Waals surface area contributed by atoms with E-state index in [0.29, 0.717) is 0 Å². The van der Waals surface area contributed by atoms with Crippen molar-refractivity contribution in [3.8, 4) is 0 Å². The maximum Gasteiger partial charge on any atom is 1.00 e. The summed E-state index contributed by atoms with van der Waals surface area (Å²) in [6.07, 6.45) is 36.0. The fraction of sp³-hybridized carbons (Fsp3) is 1.00. The monoisotopic (exact) mass is 522 g/mol. The summed E-state index contributed by atoms with van der Waals surface area (Å²) < 4.78 is 0. The van der Waals surface area contributed by atoms with E-state index in [1.54, 1.807) is 0 Å². The third kappa shape index (κ3) is 28.4. The van der Waals surface area contributed by atoms with Crippen LogP contribution in [-0.4, -0.2) is 0 Å². The van der Waals surface area contributed by atoms with Crippen LogP contribution in [0.15, 0.2) is 0 Å². The molecule has 4 rings (SSSR count). The zero-order chi connectivity index (χ0) is 17.0. The molecule has 0 aliphatic heterocycles. The molecule has 0 aromatic heterocycles. The van der Waals surface area contributed by atoms with Gasteiger partial charge in [-0.05, 0) is 0 Å². The molecule has 0 N–H and O–H groups in total. The van der Waals surface area contributed by atoms with Gasteiger partial charge in [0.15, 0.2) is 0 Å². The minimum atomic E-state index is 0. The molecular weight excluding hydrogens is 466 g/mol. The smallest absolute Gasteiger partial charge is 1.00 e. The molecule has 4 fully saturated rings. The Balaban J connectivity index is -0.0000000835. The normalized spacial score (nSPS) is 21.3. The summed E-state index contributed by atoms with van der Waals surface area (Å²) in [6, 6.07) is 0. The second-order valence-electron chi connectivity index (χ2n) is 8.49. The van der Waals surface area contributed by atoms with Crippen molar-refractivity contribution in [2.75, 3.05) is 0 Å². The van der Waals surface area contributed by atoms with Gasteiger partial charge in [0.25, 0.3) is 0 Å². The van der Waals surface area contributed by atoms with Crippen LogP contribution in [0.25, 0.3) is 0 Å². The van der Waals surface area contributed by atoms with Gasteiger partial charge in [-0.1, -0.05) is 162 Å². The number of hydrogen-bond acceptors (Lipinski definition) is 0. The second-order valence-corrected chi connectivity index (χ2v) is 8.49. The van der Waals surface area contributed by atoms with Gasteiger partial charge in [0.2, 0.25) is 0 Å². The van der Waals surface area contributed by atoms with Crippen LogP contribution in [0, 0.1) is 0 Å². The quantitative estimate of drug-likeness (QED) is 0.223. The molecule has 0 nitrogen and oxygen atoms in total. The molecule has 0 spiro atoms. The van der Waals surface area contributed by atoms with Crippen LogP contribution in [0.5, 0.6) is 0 Å². The van der Waals surface area contributed by atoms with Crippen LogP contribution in [0.2, 0.25) is 0 Å². The largest absolute Gasteiger partial charge is 1.00 e. The average Bonchev–Trinajstić information content (AvgIpc) is 2.75. The fourth-order valence-electron chi connectivity index (χ4n) is 4.24. The predicted molar refractivity (Wildman–Crippen MR) is 136 cm³/mol. The molecule has 4 aliphatic carbocycles. The van der Waals surface area contributed by atoms with Crippen LogP contribution >= 0.6 is 24.0 Å². The van der Waals surface area contributed by atoms with Gasteiger partial charge in [-0.25, -0.2) is 0 Å². The second kappa shape index (κ2) is 30.6. The van der Waals surface area contributed by atoms with Gasteiger partial charge in [0.1, 0.15) is 0 Å². The third-order valence-corrected chi connectivity index (χ3v) is 6.00. The molecule has 0 aromatic rings.